The van der Waals surface area contributed by atoms with Crippen molar-refractivity contribution >= 4 is 5.91 Å². The first-order valence-electron chi connectivity index (χ1n) is 7.52. The highest BCUT2D eigenvalue weighted by molar-refractivity contribution is 5.92. The molecule has 1 aromatic carbocycles. The van der Waals surface area contributed by atoms with Gasteiger partial charge in [-0.25, -0.2) is 4.98 Å². The Balaban J connectivity index is 1.53. The number of nitrogens with zero attached hydrogens (tertiary/aromatic N) is 2. The van der Waals surface area contributed by atoms with Gasteiger partial charge in [0.2, 0.25) is 11.7 Å². The van der Waals surface area contributed by atoms with Gasteiger partial charge in [-0.15, -0.1) is 0 Å². The average molecular weight is 282 g/mol. The Hall–Kier alpha value is -2.10. The van der Waals surface area contributed by atoms with Crippen molar-refractivity contribution < 1.29 is 9.21 Å². The van der Waals surface area contributed by atoms with Crippen molar-refractivity contribution in [2.24, 2.45) is 11.3 Å². The van der Waals surface area contributed by atoms with Crippen molar-refractivity contribution in [2.45, 2.75) is 19.8 Å². The second-order valence-corrected chi connectivity index (χ2v) is 6.20. The molecule has 2 heterocycles. The molecule has 0 spiro atoms. The molecule has 4 rings (SSSR count). The molecule has 0 unspecified atom stereocenters. The summed E-state index contributed by atoms with van der Waals surface area (Å²) < 4.78 is 5.66. The highest BCUT2D eigenvalue weighted by atomic mass is 16.4. The molecule has 1 amide bonds. The number of piperidine rings is 1. The Labute approximate surface area is 123 Å². The fourth-order valence-electron chi connectivity index (χ4n) is 3.54. The number of aromatic nitrogens is 1. The third-order valence-electron chi connectivity index (χ3n) is 5.03. The zero-order valence-corrected chi connectivity index (χ0v) is 12.1. The lowest BCUT2D eigenvalue weighted by Crippen LogP contribution is -2.31. The Morgan fingerprint density at radius 3 is 2.95 bits per heavy atom. The van der Waals surface area contributed by atoms with Crippen LogP contribution in [0.2, 0.25) is 0 Å². The fraction of sp³-hybridized carbons (Fsp3) is 0.412. The van der Waals surface area contributed by atoms with Crippen molar-refractivity contribution in [2.75, 3.05) is 13.1 Å². The van der Waals surface area contributed by atoms with Crippen LogP contribution in [-0.4, -0.2) is 28.9 Å². The van der Waals surface area contributed by atoms with Gasteiger partial charge in [-0.05, 0) is 36.3 Å². The SMILES string of the molecule is CC[C@]12C[C@H]1CN(C(=O)c1cnc(-c3ccccc3)o1)C2. The molecule has 2 atom stereocenters. The summed E-state index contributed by atoms with van der Waals surface area (Å²) in [6.07, 6.45) is 3.99. The highest BCUT2D eigenvalue weighted by Crippen LogP contribution is 2.60. The summed E-state index contributed by atoms with van der Waals surface area (Å²) in [7, 11) is 0. The number of carbonyl (C=O) groups is 1. The molecule has 108 valence electrons. The Bertz CT molecular complexity index is 675. The van der Waals surface area contributed by atoms with Crippen LogP contribution in [0.5, 0.6) is 0 Å². The van der Waals surface area contributed by atoms with Gasteiger partial charge < -0.3 is 9.32 Å². The Morgan fingerprint density at radius 1 is 1.43 bits per heavy atom. The van der Waals surface area contributed by atoms with Crippen molar-refractivity contribution in [3.8, 4) is 11.5 Å². The zero-order valence-electron chi connectivity index (χ0n) is 12.1. The van der Waals surface area contributed by atoms with E-state index in [1.807, 2.05) is 35.2 Å². The second kappa shape index (κ2) is 4.45. The zero-order chi connectivity index (χ0) is 14.4. The highest BCUT2D eigenvalue weighted by Gasteiger charge is 2.59. The van der Waals surface area contributed by atoms with Crippen molar-refractivity contribution in [3.05, 3.63) is 42.3 Å². The minimum atomic E-state index is -0.0234. The van der Waals surface area contributed by atoms with Crippen LogP contribution in [0.4, 0.5) is 0 Å². The quantitative estimate of drug-likeness (QED) is 0.868. The van der Waals surface area contributed by atoms with Gasteiger partial charge >= 0.3 is 0 Å². The fourth-order valence-corrected chi connectivity index (χ4v) is 3.54. The largest absolute Gasteiger partial charge is 0.431 e. The van der Waals surface area contributed by atoms with Crippen molar-refractivity contribution in [1.29, 1.82) is 0 Å². The topological polar surface area (TPSA) is 46.3 Å². The third kappa shape index (κ3) is 1.97. The molecule has 2 aliphatic rings. The van der Waals surface area contributed by atoms with Gasteiger partial charge in [0.25, 0.3) is 5.91 Å². The van der Waals surface area contributed by atoms with Crippen LogP contribution in [0.25, 0.3) is 11.5 Å². The van der Waals surface area contributed by atoms with E-state index in [-0.39, 0.29) is 5.91 Å². The summed E-state index contributed by atoms with van der Waals surface area (Å²) in [6.45, 7) is 3.96. The van der Waals surface area contributed by atoms with E-state index < -0.39 is 0 Å². The minimum Gasteiger partial charge on any atom is -0.431 e. The molecule has 1 aromatic heterocycles. The number of carbonyl (C=O) groups excluding carboxylic acids is 1. The lowest BCUT2D eigenvalue weighted by Gasteiger charge is -2.18. The maximum absolute atomic E-state index is 12.5. The minimum absolute atomic E-state index is 0.0234. The smallest absolute Gasteiger partial charge is 0.291 e. The average Bonchev–Trinajstić information content (AvgIpc) is 2.93. The van der Waals surface area contributed by atoms with Crippen LogP contribution >= 0.6 is 0 Å². The summed E-state index contributed by atoms with van der Waals surface area (Å²) in [5.74, 6) is 1.53. The first-order valence-corrected chi connectivity index (χ1v) is 7.52. The maximum Gasteiger partial charge on any atom is 0.291 e. The number of likely N-dealkylation sites (tertiary alicyclic amines) is 1. The second-order valence-electron chi connectivity index (χ2n) is 6.20. The molecular weight excluding hydrogens is 264 g/mol. The molecule has 0 N–H and O–H groups in total. The standard InChI is InChI=1S/C17H18N2O2/c1-2-17-8-13(17)10-19(11-17)16(20)14-9-18-15(21-14)12-6-4-3-5-7-12/h3-7,9,13H,2,8,10-11H2,1H3/t13-,17+/m0/s1. The van der Waals surface area contributed by atoms with Crippen LogP contribution in [-0.2, 0) is 0 Å². The number of hydrogen-bond acceptors (Lipinski definition) is 3. The molecule has 1 aliphatic heterocycles. The van der Waals surface area contributed by atoms with Gasteiger partial charge in [0.1, 0.15) is 0 Å². The number of rotatable bonds is 3. The molecule has 2 fully saturated rings. The molecule has 2 aromatic rings. The monoisotopic (exact) mass is 282 g/mol. The van der Waals surface area contributed by atoms with Gasteiger partial charge in [0.05, 0.1) is 6.20 Å². The number of amides is 1. The van der Waals surface area contributed by atoms with E-state index in [1.54, 1.807) is 6.20 Å². The molecule has 4 nitrogen and oxygen atoms in total. The molecule has 1 aliphatic carbocycles. The predicted molar refractivity (Wildman–Crippen MR) is 78.7 cm³/mol. The predicted octanol–water partition coefficient (Wildman–Crippen LogP) is 3.21. The molecule has 1 saturated heterocycles. The first kappa shape index (κ1) is 12.6. The van der Waals surface area contributed by atoms with Crippen LogP contribution < -0.4 is 0 Å². The summed E-state index contributed by atoms with van der Waals surface area (Å²) in [6, 6.07) is 9.66. The van der Waals surface area contributed by atoms with Gasteiger partial charge in [0.15, 0.2) is 0 Å². The lowest BCUT2D eigenvalue weighted by molar-refractivity contribution is 0.0733. The molecular formula is C17H18N2O2. The van der Waals surface area contributed by atoms with Crippen molar-refractivity contribution in [1.82, 2.24) is 9.88 Å². The number of hydrogen-bond donors (Lipinski definition) is 0. The summed E-state index contributed by atoms with van der Waals surface area (Å²) in [5.41, 5.74) is 1.30. The Morgan fingerprint density at radius 2 is 2.24 bits per heavy atom. The number of oxazole rings is 1. The Kier molecular flexibility index (Phi) is 2.67. The van der Waals surface area contributed by atoms with E-state index in [2.05, 4.69) is 11.9 Å². The van der Waals surface area contributed by atoms with Crippen LogP contribution in [0.3, 0.4) is 0 Å². The van der Waals surface area contributed by atoms with Crippen molar-refractivity contribution in [3.63, 3.8) is 0 Å². The third-order valence-corrected chi connectivity index (χ3v) is 5.03. The van der Waals surface area contributed by atoms with E-state index >= 15 is 0 Å². The summed E-state index contributed by atoms with van der Waals surface area (Å²) >= 11 is 0. The van der Waals surface area contributed by atoms with Gasteiger partial charge in [-0.2, -0.15) is 0 Å². The maximum atomic E-state index is 12.5. The van der Waals surface area contributed by atoms with Gasteiger partial charge in [-0.1, -0.05) is 25.1 Å². The van der Waals surface area contributed by atoms with E-state index in [0.717, 1.165) is 25.1 Å². The molecule has 21 heavy (non-hydrogen) atoms. The van der Waals surface area contributed by atoms with Crippen LogP contribution in [0.1, 0.15) is 30.3 Å². The van der Waals surface area contributed by atoms with Crippen LogP contribution in [0.15, 0.2) is 40.9 Å². The first-order chi connectivity index (χ1) is 10.2. The molecule has 0 bridgehead atoms. The lowest BCUT2D eigenvalue weighted by atomic mass is 10.0. The van der Waals surface area contributed by atoms with E-state index in [9.17, 15) is 4.79 Å². The molecule has 4 heteroatoms. The van der Waals surface area contributed by atoms with E-state index in [1.165, 1.54) is 6.42 Å². The van der Waals surface area contributed by atoms with Gasteiger partial charge in [0, 0.05) is 18.7 Å². The molecule has 0 radical (unpaired) electrons. The van der Waals surface area contributed by atoms with E-state index in [0.29, 0.717) is 23.0 Å². The van der Waals surface area contributed by atoms with Crippen LogP contribution in [0, 0.1) is 11.3 Å². The van der Waals surface area contributed by atoms with Gasteiger partial charge in [-0.3, -0.25) is 4.79 Å². The molecule has 1 saturated carbocycles. The number of benzene rings is 1. The summed E-state index contributed by atoms with van der Waals surface area (Å²) in [4.78, 5) is 18.7. The number of fused-ring (bicyclic) bond motifs is 1. The normalized spacial score (nSPS) is 26.7. The summed E-state index contributed by atoms with van der Waals surface area (Å²) in [5, 5.41) is 0. The van der Waals surface area contributed by atoms with E-state index in [4.69, 9.17) is 4.42 Å².